The van der Waals surface area contributed by atoms with Crippen LogP contribution in [-0.4, -0.2) is 64.8 Å². The third-order valence-corrected chi connectivity index (χ3v) is 3.19. The number of carboxylic acids is 1. The highest BCUT2D eigenvalue weighted by molar-refractivity contribution is 5.74. The summed E-state index contributed by atoms with van der Waals surface area (Å²) in [5.74, 6) is -0.504. The second-order valence-corrected chi connectivity index (χ2v) is 5.05. The van der Waals surface area contributed by atoms with Gasteiger partial charge in [0, 0.05) is 33.1 Å². The van der Waals surface area contributed by atoms with Gasteiger partial charge in [-0.25, -0.2) is 4.79 Å². The molecule has 1 heterocycles. The lowest BCUT2D eigenvalue weighted by atomic mass is 10.0. The van der Waals surface area contributed by atoms with Crippen molar-refractivity contribution >= 4 is 12.0 Å². The molecule has 6 nitrogen and oxygen atoms in total. The van der Waals surface area contributed by atoms with Crippen LogP contribution in [0.3, 0.4) is 0 Å². The zero-order valence-electron chi connectivity index (χ0n) is 11.0. The fraction of sp³-hybridized carbons (Fsp3) is 0.833. The molecule has 0 bridgehead atoms. The number of aliphatic carboxylic acids is 1. The molecule has 1 aliphatic heterocycles. The maximum atomic E-state index is 12.0. The van der Waals surface area contributed by atoms with Gasteiger partial charge < -0.3 is 20.0 Å². The number of carbonyl (C=O) groups is 2. The summed E-state index contributed by atoms with van der Waals surface area (Å²) >= 11 is 0. The lowest BCUT2D eigenvalue weighted by Crippen LogP contribution is -2.42. The van der Waals surface area contributed by atoms with Crippen molar-refractivity contribution in [2.45, 2.75) is 32.3 Å². The first-order valence-electron chi connectivity index (χ1n) is 6.30. The molecule has 0 spiro atoms. The molecule has 0 saturated carbocycles. The van der Waals surface area contributed by atoms with Gasteiger partial charge in [0.2, 0.25) is 0 Å². The SMILES string of the molecule is CC(O)CN(C)C(=O)N1CCC(CCC(=O)O)C1. The van der Waals surface area contributed by atoms with Gasteiger partial charge in [-0.05, 0) is 25.7 Å². The van der Waals surface area contributed by atoms with E-state index in [1.54, 1.807) is 18.9 Å². The number of urea groups is 1. The molecule has 0 aliphatic carbocycles. The van der Waals surface area contributed by atoms with Gasteiger partial charge in [-0.3, -0.25) is 4.79 Å². The molecule has 6 heteroatoms. The molecule has 2 unspecified atom stereocenters. The molecule has 2 N–H and O–H groups in total. The Morgan fingerprint density at radius 3 is 2.72 bits per heavy atom. The van der Waals surface area contributed by atoms with Crippen molar-refractivity contribution in [2.75, 3.05) is 26.7 Å². The quantitative estimate of drug-likeness (QED) is 0.757. The van der Waals surface area contributed by atoms with E-state index >= 15 is 0 Å². The summed E-state index contributed by atoms with van der Waals surface area (Å²) in [6, 6.07) is -0.0891. The smallest absolute Gasteiger partial charge is 0.319 e. The van der Waals surface area contributed by atoms with Crippen LogP contribution in [0.5, 0.6) is 0 Å². The third kappa shape index (κ3) is 4.52. The zero-order valence-corrected chi connectivity index (χ0v) is 11.0. The van der Waals surface area contributed by atoms with E-state index in [2.05, 4.69) is 0 Å². The Labute approximate surface area is 107 Å². The Balaban J connectivity index is 2.36. The molecule has 1 rings (SSSR count). The maximum Gasteiger partial charge on any atom is 0.319 e. The van der Waals surface area contributed by atoms with Crippen LogP contribution in [0, 0.1) is 5.92 Å². The van der Waals surface area contributed by atoms with Gasteiger partial charge >= 0.3 is 12.0 Å². The molecule has 0 aromatic rings. The number of rotatable bonds is 5. The molecule has 1 saturated heterocycles. The first kappa shape index (κ1) is 14.8. The predicted octanol–water partition coefficient (Wildman–Crippen LogP) is 0.606. The Bertz CT molecular complexity index is 306. The highest BCUT2D eigenvalue weighted by Gasteiger charge is 2.28. The normalized spacial score (nSPS) is 20.8. The van der Waals surface area contributed by atoms with Crippen LogP contribution < -0.4 is 0 Å². The summed E-state index contributed by atoms with van der Waals surface area (Å²) in [6.45, 7) is 3.25. The fourth-order valence-electron chi connectivity index (χ4n) is 2.29. The number of likely N-dealkylation sites (tertiary alicyclic amines) is 1. The summed E-state index contributed by atoms with van der Waals surface area (Å²) < 4.78 is 0. The van der Waals surface area contributed by atoms with Gasteiger partial charge in [0.1, 0.15) is 0 Å². The van der Waals surface area contributed by atoms with E-state index in [9.17, 15) is 14.7 Å². The number of hydrogen-bond acceptors (Lipinski definition) is 3. The zero-order chi connectivity index (χ0) is 13.7. The molecule has 0 aromatic heterocycles. The van der Waals surface area contributed by atoms with E-state index in [0.717, 1.165) is 6.42 Å². The van der Waals surface area contributed by atoms with Crippen LogP contribution >= 0.6 is 0 Å². The van der Waals surface area contributed by atoms with Crippen molar-refractivity contribution in [3.63, 3.8) is 0 Å². The monoisotopic (exact) mass is 258 g/mol. The molecule has 1 aliphatic rings. The highest BCUT2D eigenvalue weighted by Crippen LogP contribution is 2.21. The molecule has 0 radical (unpaired) electrons. The van der Waals surface area contributed by atoms with E-state index in [1.165, 1.54) is 4.90 Å². The first-order valence-corrected chi connectivity index (χ1v) is 6.30. The molecular formula is C12H22N2O4. The number of nitrogens with zero attached hydrogens (tertiary/aromatic N) is 2. The fourth-order valence-corrected chi connectivity index (χ4v) is 2.29. The number of aliphatic hydroxyl groups is 1. The van der Waals surface area contributed by atoms with Crippen molar-refractivity contribution in [3.8, 4) is 0 Å². The van der Waals surface area contributed by atoms with Gasteiger partial charge in [0.05, 0.1) is 6.10 Å². The van der Waals surface area contributed by atoms with Gasteiger partial charge in [0.25, 0.3) is 0 Å². The summed E-state index contributed by atoms with van der Waals surface area (Å²) in [4.78, 5) is 25.7. The van der Waals surface area contributed by atoms with Crippen molar-refractivity contribution in [3.05, 3.63) is 0 Å². The van der Waals surface area contributed by atoms with Crippen LogP contribution in [0.25, 0.3) is 0 Å². The number of hydrogen-bond donors (Lipinski definition) is 2. The molecule has 1 fully saturated rings. The van der Waals surface area contributed by atoms with E-state index in [-0.39, 0.29) is 18.4 Å². The van der Waals surface area contributed by atoms with Gasteiger partial charge in [-0.2, -0.15) is 0 Å². The standard InChI is InChI=1S/C12H22N2O4/c1-9(15)7-13(2)12(18)14-6-5-10(8-14)3-4-11(16)17/h9-10,15H,3-8H2,1-2H3,(H,16,17). The molecule has 2 amide bonds. The number of carbonyl (C=O) groups excluding carboxylic acids is 1. The van der Waals surface area contributed by atoms with E-state index < -0.39 is 12.1 Å². The Morgan fingerprint density at radius 1 is 1.50 bits per heavy atom. The average molecular weight is 258 g/mol. The Hall–Kier alpha value is -1.30. The van der Waals surface area contributed by atoms with Crippen molar-refractivity contribution < 1.29 is 19.8 Å². The minimum atomic E-state index is -0.786. The highest BCUT2D eigenvalue weighted by atomic mass is 16.4. The van der Waals surface area contributed by atoms with Crippen LogP contribution in [0.4, 0.5) is 4.79 Å². The van der Waals surface area contributed by atoms with Gasteiger partial charge in [-0.15, -0.1) is 0 Å². The predicted molar refractivity (Wildman–Crippen MR) is 66.3 cm³/mol. The minimum absolute atomic E-state index is 0.0891. The van der Waals surface area contributed by atoms with Crippen LogP contribution in [0.15, 0.2) is 0 Å². The van der Waals surface area contributed by atoms with Gasteiger partial charge in [0.15, 0.2) is 0 Å². The molecule has 2 atom stereocenters. The molecule has 0 aromatic carbocycles. The lowest BCUT2D eigenvalue weighted by Gasteiger charge is -2.25. The lowest BCUT2D eigenvalue weighted by molar-refractivity contribution is -0.137. The van der Waals surface area contributed by atoms with Crippen LogP contribution in [0.1, 0.15) is 26.2 Å². The minimum Gasteiger partial charge on any atom is -0.481 e. The van der Waals surface area contributed by atoms with Crippen LogP contribution in [0.2, 0.25) is 0 Å². The van der Waals surface area contributed by atoms with Gasteiger partial charge in [-0.1, -0.05) is 0 Å². The van der Waals surface area contributed by atoms with Crippen LogP contribution in [-0.2, 0) is 4.79 Å². The van der Waals surface area contributed by atoms with E-state index in [1.807, 2.05) is 0 Å². The van der Waals surface area contributed by atoms with E-state index in [0.29, 0.717) is 26.1 Å². The third-order valence-electron chi connectivity index (χ3n) is 3.19. The van der Waals surface area contributed by atoms with Crippen molar-refractivity contribution in [2.24, 2.45) is 5.92 Å². The Kier molecular flexibility index (Phi) is 5.40. The molecular weight excluding hydrogens is 236 g/mol. The second-order valence-electron chi connectivity index (χ2n) is 5.05. The topological polar surface area (TPSA) is 81.1 Å². The molecule has 104 valence electrons. The summed E-state index contributed by atoms with van der Waals surface area (Å²) in [5.41, 5.74) is 0. The summed E-state index contributed by atoms with van der Waals surface area (Å²) in [7, 11) is 1.67. The average Bonchev–Trinajstić information content (AvgIpc) is 2.72. The maximum absolute atomic E-state index is 12.0. The summed E-state index contributed by atoms with van der Waals surface area (Å²) in [5, 5.41) is 17.9. The first-order chi connectivity index (χ1) is 8.40. The van der Waals surface area contributed by atoms with Crippen molar-refractivity contribution in [1.29, 1.82) is 0 Å². The number of carboxylic acid groups (broad SMARTS) is 1. The van der Waals surface area contributed by atoms with Crippen molar-refractivity contribution in [1.82, 2.24) is 9.80 Å². The Morgan fingerprint density at radius 2 is 2.17 bits per heavy atom. The molecule has 18 heavy (non-hydrogen) atoms. The number of likely N-dealkylation sites (N-methyl/N-ethyl adjacent to an activating group) is 1. The summed E-state index contributed by atoms with van der Waals surface area (Å²) in [6.07, 6.45) is 1.11. The second kappa shape index (κ2) is 6.58. The number of aliphatic hydroxyl groups excluding tert-OH is 1. The van der Waals surface area contributed by atoms with E-state index in [4.69, 9.17) is 5.11 Å². The largest absolute Gasteiger partial charge is 0.481 e. The number of amides is 2.